The van der Waals surface area contributed by atoms with Crippen molar-refractivity contribution in [3.8, 4) is 5.75 Å². The molecule has 96 valence electrons. The van der Waals surface area contributed by atoms with Crippen LogP contribution in [0.2, 0.25) is 0 Å². The van der Waals surface area contributed by atoms with Crippen molar-refractivity contribution < 1.29 is 9.53 Å². The molecule has 4 nitrogen and oxygen atoms in total. The molecule has 1 saturated carbocycles. The fourth-order valence-corrected chi connectivity index (χ4v) is 2.34. The molecule has 1 aromatic carbocycles. The van der Waals surface area contributed by atoms with Gasteiger partial charge in [0.2, 0.25) is 5.91 Å². The van der Waals surface area contributed by atoms with Crippen LogP contribution >= 0.6 is 12.2 Å². The van der Waals surface area contributed by atoms with Gasteiger partial charge in [-0.15, -0.1) is 0 Å². The van der Waals surface area contributed by atoms with E-state index in [4.69, 9.17) is 22.7 Å². The highest BCUT2D eigenvalue weighted by Crippen LogP contribution is 2.42. The summed E-state index contributed by atoms with van der Waals surface area (Å²) >= 11 is 5.01. The SMILES string of the molecule is COc1ccc(NC(=O)C2(C(N)=S)CCC2)cc1. The number of nitrogens with one attached hydrogen (secondary N) is 1. The first-order valence-corrected chi connectivity index (χ1v) is 6.25. The average molecular weight is 264 g/mol. The minimum atomic E-state index is -0.644. The fraction of sp³-hybridized carbons (Fsp3) is 0.385. The van der Waals surface area contributed by atoms with E-state index >= 15 is 0 Å². The van der Waals surface area contributed by atoms with E-state index < -0.39 is 5.41 Å². The Morgan fingerprint density at radius 1 is 1.39 bits per heavy atom. The monoisotopic (exact) mass is 264 g/mol. The first-order valence-electron chi connectivity index (χ1n) is 5.84. The molecule has 1 aliphatic carbocycles. The first-order chi connectivity index (χ1) is 8.58. The average Bonchev–Trinajstić information content (AvgIpc) is 2.28. The molecule has 0 saturated heterocycles. The highest BCUT2D eigenvalue weighted by atomic mass is 32.1. The molecular formula is C13H16N2O2S. The fourth-order valence-electron chi connectivity index (χ4n) is 2.04. The third-order valence-corrected chi connectivity index (χ3v) is 3.85. The minimum absolute atomic E-state index is 0.105. The van der Waals surface area contributed by atoms with Crippen LogP contribution in [0, 0.1) is 5.41 Å². The van der Waals surface area contributed by atoms with Gasteiger partial charge in [0.05, 0.1) is 17.5 Å². The maximum absolute atomic E-state index is 12.2. The number of amides is 1. The molecule has 2 rings (SSSR count). The van der Waals surface area contributed by atoms with Crippen LogP contribution in [0.4, 0.5) is 5.69 Å². The van der Waals surface area contributed by atoms with Crippen molar-refractivity contribution in [2.24, 2.45) is 11.1 Å². The molecule has 0 unspecified atom stereocenters. The van der Waals surface area contributed by atoms with Crippen molar-refractivity contribution >= 4 is 28.8 Å². The number of nitrogens with two attached hydrogens (primary N) is 1. The van der Waals surface area contributed by atoms with E-state index in [0.717, 1.165) is 30.7 Å². The molecule has 0 aliphatic heterocycles. The van der Waals surface area contributed by atoms with Crippen LogP contribution in [0.3, 0.4) is 0 Å². The number of hydrogen-bond donors (Lipinski definition) is 2. The number of anilines is 1. The number of ether oxygens (including phenoxy) is 1. The number of thiocarbonyl (C=S) groups is 1. The number of hydrogen-bond acceptors (Lipinski definition) is 3. The number of rotatable bonds is 4. The van der Waals surface area contributed by atoms with Crippen LogP contribution in [0.1, 0.15) is 19.3 Å². The maximum Gasteiger partial charge on any atom is 0.237 e. The number of carbonyl (C=O) groups is 1. The Labute approximate surface area is 112 Å². The molecule has 3 N–H and O–H groups in total. The summed E-state index contributed by atoms with van der Waals surface area (Å²) in [6.07, 6.45) is 2.47. The van der Waals surface area contributed by atoms with Gasteiger partial charge in [-0.05, 0) is 37.1 Å². The molecule has 1 aromatic rings. The van der Waals surface area contributed by atoms with Crippen molar-refractivity contribution in [1.82, 2.24) is 0 Å². The molecule has 1 amide bonds. The molecule has 1 aliphatic rings. The molecule has 0 radical (unpaired) electrons. The predicted molar refractivity (Wildman–Crippen MR) is 74.7 cm³/mol. The van der Waals surface area contributed by atoms with Gasteiger partial charge >= 0.3 is 0 Å². The minimum Gasteiger partial charge on any atom is -0.497 e. The lowest BCUT2D eigenvalue weighted by molar-refractivity contribution is -0.125. The van der Waals surface area contributed by atoms with Crippen molar-refractivity contribution in [1.29, 1.82) is 0 Å². The van der Waals surface area contributed by atoms with Gasteiger partial charge in [0, 0.05) is 5.69 Å². The summed E-state index contributed by atoms with van der Waals surface area (Å²) in [7, 11) is 1.60. The van der Waals surface area contributed by atoms with Gasteiger partial charge in [-0.3, -0.25) is 4.79 Å². The Balaban J connectivity index is 2.08. The van der Waals surface area contributed by atoms with Gasteiger partial charge in [0.15, 0.2) is 0 Å². The van der Waals surface area contributed by atoms with Gasteiger partial charge in [0.1, 0.15) is 5.75 Å². The van der Waals surface area contributed by atoms with Crippen LogP contribution in [0.5, 0.6) is 5.75 Å². The zero-order valence-corrected chi connectivity index (χ0v) is 11.0. The summed E-state index contributed by atoms with van der Waals surface area (Å²) < 4.78 is 5.06. The lowest BCUT2D eigenvalue weighted by atomic mass is 9.68. The summed E-state index contributed by atoms with van der Waals surface area (Å²) in [5, 5.41) is 2.86. The quantitative estimate of drug-likeness (QED) is 0.817. The second-order valence-corrected chi connectivity index (χ2v) is 4.92. The second-order valence-electron chi connectivity index (χ2n) is 4.48. The summed E-state index contributed by atoms with van der Waals surface area (Å²) in [4.78, 5) is 12.5. The van der Waals surface area contributed by atoms with E-state index in [0.29, 0.717) is 4.99 Å². The molecule has 0 spiro atoms. The molecule has 0 heterocycles. The van der Waals surface area contributed by atoms with E-state index in [-0.39, 0.29) is 5.91 Å². The number of carbonyl (C=O) groups excluding carboxylic acids is 1. The smallest absolute Gasteiger partial charge is 0.237 e. The Hall–Kier alpha value is -1.62. The standard InChI is InChI=1S/C13H16N2O2S/c1-17-10-5-3-9(4-6-10)15-12(16)13(11(14)18)7-2-8-13/h3-6H,2,7-8H2,1H3,(H2,14,18)(H,15,16). The molecule has 18 heavy (non-hydrogen) atoms. The zero-order valence-electron chi connectivity index (χ0n) is 10.2. The van der Waals surface area contributed by atoms with Gasteiger partial charge in [-0.2, -0.15) is 0 Å². The van der Waals surface area contributed by atoms with Gasteiger partial charge < -0.3 is 15.8 Å². The van der Waals surface area contributed by atoms with E-state index in [1.54, 1.807) is 31.4 Å². The van der Waals surface area contributed by atoms with Crippen LogP contribution in [-0.2, 0) is 4.79 Å². The number of benzene rings is 1. The lowest BCUT2D eigenvalue weighted by Gasteiger charge is -2.39. The topological polar surface area (TPSA) is 64.3 Å². The van der Waals surface area contributed by atoms with Gasteiger partial charge in [0.25, 0.3) is 0 Å². The van der Waals surface area contributed by atoms with Crippen LogP contribution in [-0.4, -0.2) is 18.0 Å². The largest absolute Gasteiger partial charge is 0.497 e. The summed E-state index contributed by atoms with van der Waals surface area (Å²) in [6, 6.07) is 7.18. The van der Waals surface area contributed by atoms with E-state index in [9.17, 15) is 4.79 Å². The van der Waals surface area contributed by atoms with Crippen molar-refractivity contribution in [2.45, 2.75) is 19.3 Å². The second kappa shape index (κ2) is 4.94. The van der Waals surface area contributed by atoms with E-state index in [2.05, 4.69) is 5.32 Å². The molecule has 0 aromatic heterocycles. The highest BCUT2D eigenvalue weighted by Gasteiger charge is 2.46. The highest BCUT2D eigenvalue weighted by molar-refractivity contribution is 7.80. The summed E-state index contributed by atoms with van der Waals surface area (Å²) in [5.41, 5.74) is 5.77. The first kappa shape index (κ1) is 12.8. The molecule has 5 heteroatoms. The Morgan fingerprint density at radius 2 is 2.00 bits per heavy atom. The lowest BCUT2D eigenvalue weighted by Crippen LogP contribution is -2.50. The predicted octanol–water partition coefficient (Wildman–Crippen LogP) is 2.09. The molecule has 0 atom stereocenters. The van der Waals surface area contributed by atoms with Gasteiger partial charge in [-0.25, -0.2) is 0 Å². The Kier molecular flexibility index (Phi) is 3.52. The summed E-state index contributed by atoms with van der Waals surface area (Å²) in [6.45, 7) is 0. The molecule has 1 fully saturated rings. The van der Waals surface area contributed by atoms with E-state index in [1.807, 2.05) is 0 Å². The van der Waals surface area contributed by atoms with E-state index in [1.165, 1.54) is 0 Å². The van der Waals surface area contributed by atoms with Crippen molar-refractivity contribution in [3.63, 3.8) is 0 Å². The Morgan fingerprint density at radius 3 is 2.39 bits per heavy atom. The Bertz CT molecular complexity index is 466. The third-order valence-electron chi connectivity index (χ3n) is 3.46. The molecule has 0 bridgehead atoms. The summed E-state index contributed by atoms with van der Waals surface area (Å²) in [5.74, 6) is 0.645. The number of methoxy groups -OCH3 is 1. The van der Waals surface area contributed by atoms with Crippen LogP contribution in [0.25, 0.3) is 0 Å². The van der Waals surface area contributed by atoms with Gasteiger partial charge in [-0.1, -0.05) is 18.6 Å². The van der Waals surface area contributed by atoms with Crippen molar-refractivity contribution in [2.75, 3.05) is 12.4 Å². The normalized spacial score (nSPS) is 16.5. The van der Waals surface area contributed by atoms with Crippen molar-refractivity contribution in [3.05, 3.63) is 24.3 Å². The molecular weight excluding hydrogens is 248 g/mol. The van der Waals surface area contributed by atoms with Crippen LogP contribution < -0.4 is 15.8 Å². The zero-order chi connectivity index (χ0) is 13.2. The maximum atomic E-state index is 12.2. The van der Waals surface area contributed by atoms with Crippen LogP contribution in [0.15, 0.2) is 24.3 Å². The third kappa shape index (κ3) is 2.18.